The maximum absolute atomic E-state index is 13.0. The average Bonchev–Trinajstić information content (AvgIpc) is 3.66. The Hall–Kier alpha value is -1.94. The maximum atomic E-state index is 13.0. The smallest absolute Gasteiger partial charge is 0.462 e. The summed E-state index contributed by atoms with van der Waals surface area (Å²) in [6.07, 6.45) is 41.8. The lowest BCUT2D eigenvalue weighted by Crippen LogP contribution is -2.30. The van der Waals surface area contributed by atoms with Crippen molar-refractivity contribution in [2.75, 3.05) is 39.6 Å². The summed E-state index contributed by atoms with van der Waals surface area (Å²) in [7, 11) is -9.89. The molecule has 0 bridgehead atoms. The molecule has 0 fully saturated rings. The molecule has 3 N–H and O–H groups in total. The van der Waals surface area contributed by atoms with E-state index in [0.29, 0.717) is 31.6 Å². The molecule has 6 atom stereocenters. The minimum atomic E-state index is -4.95. The summed E-state index contributed by atoms with van der Waals surface area (Å²) >= 11 is 0. The summed E-state index contributed by atoms with van der Waals surface area (Å²) in [6.45, 7) is 11.7. The predicted octanol–water partition coefficient (Wildman–Crippen LogP) is 19.1. The molecule has 0 heterocycles. The first kappa shape index (κ1) is 85.1. The zero-order valence-electron chi connectivity index (χ0n) is 56.5. The van der Waals surface area contributed by atoms with Gasteiger partial charge in [-0.15, -0.1) is 0 Å². The quantitative estimate of drug-likeness (QED) is 0.0222. The van der Waals surface area contributed by atoms with Crippen LogP contribution in [0.2, 0.25) is 0 Å². The van der Waals surface area contributed by atoms with Crippen LogP contribution in [0.4, 0.5) is 0 Å². The van der Waals surface area contributed by atoms with E-state index in [1.54, 1.807) is 0 Å². The third kappa shape index (κ3) is 61.3. The van der Waals surface area contributed by atoms with E-state index >= 15 is 0 Å². The van der Waals surface area contributed by atoms with Crippen LogP contribution in [-0.2, 0) is 65.4 Å². The largest absolute Gasteiger partial charge is 0.472 e. The number of phosphoric acid groups is 2. The molecule has 0 aromatic carbocycles. The molecule has 3 unspecified atom stereocenters. The summed E-state index contributed by atoms with van der Waals surface area (Å²) in [4.78, 5) is 72.3. The molecule has 0 aromatic rings. The Labute approximate surface area is 530 Å². The molecule has 0 saturated heterocycles. The van der Waals surface area contributed by atoms with Crippen molar-refractivity contribution in [2.24, 2.45) is 17.8 Å². The number of esters is 4. The number of hydrogen-bond acceptors (Lipinski definition) is 15. The molecule has 0 aromatic heterocycles. The first-order valence-corrected chi connectivity index (χ1v) is 38.4. The van der Waals surface area contributed by atoms with Crippen molar-refractivity contribution in [3.05, 3.63) is 0 Å². The molecule has 0 saturated carbocycles. The Kier molecular flexibility index (Phi) is 57.8. The van der Waals surface area contributed by atoms with Gasteiger partial charge in [0.05, 0.1) is 26.4 Å². The van der Waals surface area contributed by atoms with E-state index in [1.165, 1.54) is 148 Å². The van der Waals surface area contributed by atoms with Crippen LogP contribution < -0.4 is 0 Å². The monoisotopic (exact) mass is 1280 g/mol. The minimum Gasteiger partial charge on any atom is -0.462 e. The zero-order chi connectivity index (χ0) is 64.5. The topological polar surface area (TPSA) is 237 Å². The van der Waals surface area contributed by atoms with Crippen molar-refractivity contribution >= 4 is 39.5 Å². The SMILES string of the molecule is CCCCCCCCCCCC(=O)OC[C@H](COP(=O)(O)OC[C@H](O)COP(=O)(O)OC[C@@H](COC(=O)CCCCCCCCCCC(C)CC)OC(=O)CCCCCCCCCCCCCCCCC(C)C)OC(=O)CCCCCCCCC(C)C. The number of unbranched alkanes of at least 4 members (excludes halogenated alkanes) is 33. The van der Waals surface area contributed by atoms with Gasteiger partial charge in [-0.05, 0) is 43.4 Å². The molecule has 0 rings (SSSR count). The Bertz CT molecular complexity index is 1720. The van der Waals surface area contributed by atoms with Crippen LogP contribution in [0.15, 0.2) is 0 Å². The highest BCUT2D eigenvalue weighted by molar-refractivity contribution is 7.47. The second kappa shape index (κ2) is 59.1. The van der Waals surface area contributed by atoms with Gasteiger partial charge in [-0.3, -0.25) is 37.3 Å². The van der Waals surface area contributed by atoms with Crippen LogP contribution in [0.25, 0.3) is 0 Å². The molecule has 0 aliphatic heterocycles. The van der Waals surface area contributed by atoms with E-state index in [4.69, 9.17) is 37.0 Å². The van der Waals surface area contributed by atoms with Gasteiger partial charge in [-0.2, -0.15) is 0 Å². The third-order valence-corrected chi connectivity index (χ3v) is 17.9. The fourth-order valence-corrected chi connectivity index (χ4v) is 11.7. The number of carbonyl (C=O) groups is 4. The standard InChI is InChI=1S/C68H132O17P2/c1-8-10-11-12-13-20-27-35-42-49-65(70)78-56-64(85-68(73)52-45-38-31-30-33-40-47-60(5)6)58-83-87(76,77)81-54-62(69)53-80-86(74,75)82-57-63(55-79-66(71)50-43-36-28-24-23-26-34-41-48-61(7)9-2)84-67(72)51-44-37-29-22-19-17-15-14-16-18-21-25-32-39-46-59(3)4/h59-64,69H,8-58H2,1-7H3,(H,74,75)(H,76,77)/t61?,62-,63-,64-/m1/s1. The van der Waals surface area contributed by atoms with Crippen LogP contribution in [-0.4, -0.2) is 96.7 Å². The van der Waals surface area contributed by atoms with Crippen molar-refractivity contribution in [1.29, 1.82) is 0 Å². The molecular weight excluding hydrogens is 1150 g/mol. The number of carbonyl (C=O) groups excluding carboxylic acids is 4. The van der Waals surface area contributed by atoms with Crippen molar-refractivity contribution in [3.63, 3.8) is 0 Å². The highest BCUT2D eigenvalue weighted by atomic mass is 31.2. The van der Waals surface area contributed by atoms with Gasteiger partial charge in [0.2, 0.25) is 0 Å². The molecular formula is C68H132O17P2. The number of aliphatic hydroxyl groups excluding tert-OH is 1. The fraction of sp³-hybridized carbons (Fsp3) is 0.941. The first-order valence-electron chi connectivity index (χ1n) is 35.4. The predicted molar refractivity (Wildman–Crippen MR) is 349 cm³/mol. The highest BCUT2D eigenvalue weighted by Crippen LogP contribution is 2.45. The summed E-state index contributed by atoms with van der Waals surface area (Å²) in [6, 6.07) is 0. The van der Waals surface area contributed by atoms with E-state index in [-0.39, 0.29) is 25.7 Å². The number of rotatable bonds is 66. The Morgan fingerprint density at radius 3 is 0.874 bits per heavy atom. The molecule has 19 heteroatoms. The Balaban J connectivity index is 5.22. The van der Waals surface area contributed by atoms with Crippen molar-refractivity contribution in [2.45, 2.75) is 356 Å². The van der Waals surface area contributed by atoms with Gasteiger partial charge in [0.1, 0.15) is 19.3 Å². The van der Waals surface area contributed by atoms with Crippen LogP contribution >= 0.6 is 15.6 Å². The van der Waals surface area contributed by atoms with E-state index in [0.717, 1.165) is 102 Å². The lowest BCUT2D eigenvalue weighted by Gasteiger charge is -2.21. The van der Waals surface area contributed by atoms with Crippen molar-refractivity contribution in [1.82, 2.24) is 0 Å². The van der Waals surface area contributed by atoms with Gasteiger partial charge in [0, 0.05) is 25.7 Å². The summed E-state index contributed by atoms with van der Waals surface area (Å²) in [5.41, 5.74) is 0. The molecule has 17 nitrogen and oxygen atoms in total. The van der Waals surface area contributed by atoms with Gasteiger partial charge in [-0.1, -0.05) is 286 Å². The van der Waals surface area contributed by atoms with E-state index in [9.17, 15) is 43.2 Å². The zero-order valence-corrected chi connectivity index (χ0v) is 58.3. The van der Waals surface area contributed by atoms with Crippen LogP contribution in [0, 0.1) is 17.8 Å². The molecule has 0 spiro atoms. The lowest BCUT2D eigenvalue weighted by atomic mass is 9.99. The molecule has 0 radical (unpaired) electrons. The summed E-state index contributed by atoms with van der Waals surface area (Å²) in [5.74, 6) is 0.107. The summed E-state index contributed by atoms with van der Waals surface area (Å²) in [5, 5.41) is 10.6. The minimum absolute atomic E-state index is 0.102. The molecule has 516 valence electrons. The second-order valence-corrected chi connectivity index (χ2v) is 28.7. The molecule has 0 aliphatic carbocycles. The first-order chi connectivity index (χ1) is 41.8. The third-order valence-electron chi connectivity index (χ3n) is 16.0. The van der Waals surface area contributed by atoms with Crippen LogP contribution in [0.3, 0.4) is 0 Å². The van der Waals surface area contributed by atoms with E-state index in [1.807, 2.05) is 0 Å². The van der Waals surface area contributed by atoms with Crippen molar-refractivity contribution < 1.29 is 80.2 Å². The average molecular weight is 1280 g/mol. The molecule has 0 aliphatic rings. The van der Waals surface area contributed by atoms with Gasteiger partial charge < -0.3 is 33.8 Å². The van der Waals surface area contributed by atoms with Gasteiger partial charge in [0.15, 0.2) is 12.2 Å². The Morgan fingerprint density at radius 1 is 0.333 bits per heavy atom. The van der Waals surface area contributed by atoms with Gasteiger partial charge in [0.25, 0.3) is 0 Å². The number of hydrogen-bond donors (Lipinski definition) is 3. The van der Waals surface area contributed by atoms with E-state index < -0.39 is 97.5 Å². The van der Waals surface area contributed by atoms with Crippen LogP contribution in [0.1, 0.15) is 337 Å². The molecule has 0 amide bonds. The fourth-order valence-electron chi connectivity index (χ4n) is 10.2. The summed E-state index contributed by atoms with van der Waals surface area (Å²) < 4.78 is 68.1. The molecule has 87 heavy (non-hydrogen) atoms. The number of aliphatic hydroxyl groups is 1. The highest BCUT2D eigenvalue weighted by Gasteiger charge is 2.30. The van der Waals surface area contributed by atoms with Crippen molar-refractivity contribution in [3.8, 4) is 0 Å². The lowest BCUT2D eigenvalue weighted by molar-refractivity contribution is -0.161. The van der Waals surface area contributed by atoms with Gasteiger partial charge in [-0.25, -0.2) is 9.13 Å². The number of phosphoric ester groups is 2. The maximum Gasteiger partial charge on any atom is 0.472 e. The Morgan fingerprint density at radius 2 is 0.586 bits per heavy atom. The van der Waals surface area contributed by atoms with Gasteiger partial charge >= 0.3 is 39.5 Å². The van der Waals surface area contributed by atoms with E-state index in [2.05, 4.69) is 48.5 Å². The van der Waals surface area contributed by atoms with Crippen LogP contribution in [0.5, 0.6) is 0 Å². The normalized spacial score (nSPS) is 14.6. The number of ether oxygens (including phenoxy) is 4. The second-order valence-electron chi connectivity index (χ2n) is 25.8.